The first-order chi connectivity index (χ1) is 31.2. The van der Waals surface area contributed by atoms with Gasteiger partial charge in [0, 0.05) is 27.8 Å². The van der Waals surface area contributed by atoms with Crippen LogP contribution in [-0.4, -0.2) is 8.07 Å². The molecule has 0 fully saturated rings. The van der Waals surface area contributed by atoms with Gasteiger partial charge in [0.1, 0.15) is 11.2 Å². The van der Waals surface area contributed by atoms with Crippen LogP contribution < -0.4 is 25.6 Å². The molecule has 0 aliphatic carbocycles. The van der Waals surface area contributed by atoms with Gasteiger partial charge >= 0.3 is 0 Å². The van der Waals surface area contributed by atoms with Crippen LogP contribution in [0.2, 0.25) is 0 Å². The molecule has 11 aromatic carbocycles. The number of benzene rings is 11. The van der Waals surface area contributed by atoms with Crippen LogP contribution in [0.5, 0.6) is 0 Å². The topological polar surface area (TPSA) is 16.4 Å². The Morgan fingerprint density at radius 2 is 0.651 bits per heavy atom. The van der Waals surface area contributed by atoms with Gasteiger partial charge in [0.2, 0.25) is 0 Å². The molecule has 0 aliphatic heterocycles. The number of nitrogens with zero attached hydrogens (tertiary/aromatic N) is 1. The summed E-state index contributed by atoms with van der Waals surface area (Å²) in [6.45, 7) is 0. The maximum atomic E-state index is 6.17. The molecular weight excluding hydrogens is 779 g/mol. The zero-order chi connectivity index (χ0) is 41.7. The molecule has 63 heavy (non-hydrogen) atoms. The molecule has 0 spiro atoms. The lowest BCUT2D eigenvalue weighted by Gasteiger charge is -2.35. The van der Waals surface area contributed by atoms with E-state index in [0.29, 0.717) is 0 Å². The van der Waals surface area contributed by atoms with Gasteiger partial charge in [0.15, 0.2) is 8.07 Å². The van der Waals surface area contributed by atoms with Gasteiger partial charge in [-0.15, -0.1) is 0 Å². The molecule has 0 saturated heterocycles. The van der Waals surface area contributed by atoms with Crippen LogP contribution in [0.4, 0.5) is 17.1 Å². The number of anilines is 3. The molecule has 0 aliphatic rings. The molecule has 2 nitrogen and oxygen atoms in total. The monoisotopic (exact) mass is 819 g/mol. The molecule has 0 amide bonds. The van der Waals surface area contributed by atoms with Gasteiger partial charge in [-0.3, -0.25) is 0 Å². The molecule has 0 unspecified atom stereocenters. The van der Waals surface area contributed by atoms with E-state index in [1.165, 1.54) is 53.1 Å². The lowest BCUT2D eigenvalue weighted by Crippen LogP contribution is -2.74. The zero-order valence-corrected chi connectivity index (χ0v) is 35.5. The molecule has 1 aromatic heterocycles. The lowest BCUT2D eigenvalue weighted by molar-refractivity contribution is 0.669. The van der Waals surface area contributed by atoms with Crippen LogP contribution in [0.3, 0.4) is 0 Å². The van der Waals surface area contributed by atoms with Crippen molar-refractivity contribution in [3.05, 3.63) is 249 Å². The van der Waals surface area contributed by atoms with Crippen molar-refractivity contribution >= 4 is 100 Å². The van der Waals surface area contributed by atoms with Crippen LogP contribution in [0.15, 0.2) is 253 Å². The molecule has 0 atom stereocenters. The number of hydrogen-bond donors (Lipinski definition) is 0. The van der Waals surface area contributed by atoms with Crippen LogP contribution in [0.1, 0.15) is 0 Å². The first-order valence-electron chi connectivity index (χ1n) is 21.7. The van der Waals surface area contributed by atoms with Crippen LogP contribution in [0.25, 0.3) is 65.4 Å². The second-order valence-electron chi connectivity index (χ2n) is 16.4. The summed E-state index contributed by atoms with van der Waals surface area (Å²) in [6.07, 6.45) is 0. The van der Waals surface area contributed by atoms with Crippen molar-refractivity contribution in [2.75, 3.05) is 4.90 Å². The van der Waals surface area contributed by atoms with Crippen molar-refractivity contribution in [2.24, 2.45) is 0 Å². The van der Waals surface area contributed by atoms with E-state index >= 15 is 0 Å². The van der Waals surface area contributed by atoms with E-state index in [0.717, 1.165) is 50.1 Å². The zero-order valence-electron chi connectivity index (χ0n) is 34.5. The molecule has 0 saturated carbocycles. The van der Waals surface area contributed by atoms with Gasteiger partial charge in [0.05, 0.1) is 0 Å². The first kappa shape index (κ1) is 36.8. The summed E-state index contributed by atoms with van der Waals surface area (Å²) in [5.41, 5.74) is 7.41. The molecule has 0 N–H and O–H groups in total. The van der Waals surface area contributed by atoms with E-state index in [1.807, 2.05) is 12.1 Å². The third kappa shape index (κ3) is 6.08. The highest BCUT2D eigenvalue weighted by Gasteiger charge is 2.41. The van der Waals surface area contributed by atoms with Gasteiger partial charge in [-0.25, -0.2) is 0 Å². The van der Waals surface area contributed by atoms with E-state index < -0.39 is 8.07 Å². The van der Waals surface area contributed by atoms with Crippen molar-refractivity contribution in [3.63, 3.8) is 0 Å². The number of hydrogen-bond acceptors (Lipinski definition) is 2. The Morgan fingerprint density at radius 3 is 1.21 bits per heavy atom. The third-order valence-corrected chi connectivity index (χ3v) is 17.8. The predicted octanol–water partition coefficient (Wildman–Crippen LogP) is 13.6. The third-order valence-electron chi connectivity index (χ3n) is 13.0. The summed E-state index contributed by atoms with van der Waals surface area (Å²) in [4.78, 5) is 2.42. The quantitative estimate of drug-likeness (QED) is 0.0863. The SMILES string of the molecule is c1ccc([Si](c2ccccc2)(c2ccccc2)c2ccc(N(c3ccc(-c4ccc5oc6ccccc6c5c4)cc3)c3ccc4c5ccccc5c5ccccc5c4c3)cc2)cc1. The minimum Gasteiger partial charge on any atom is -0.456 e. The molecule has 0 radical (unpaired) electrons. The van der Waals surface area contributed by atoms with E-state index in [4.69, 9.17) is 4.42 Å². The van der Waals surface area contributed by atoms with Crippen LogP contribution >= 0.6 is 0 Å². The van der Waals surface area contributed by atoms with Gasteiger partial charge in [-0.2, -0.15) is 0 Å². The van der Waals surface area contributed by atoms with Gasteiger partial charge in [-0.1, -0.05) is 194 Å². The minimum atomic E-state index is -2.71. The second-order valence-corrected chi connectivity index (χ2v) is 20.2. The van der Waals surface area contributed by atoms with Gasteiger partial charge in [-0.05, 0) is 119 Å². The molecule has 296 valence electrons. The summed E-state index contributed by atoms with van der Waals surface area (Å²) >= 11 is 0. The normalized spacial score (nSPS) is 11.8. The maximum Gasteiger partial charge on any atom is 0.179 e. The molecule has 0 bridgehead atoms. The van der Waals surface area contributed by atoms with E-state index in [2.05, 4.69) is 241 Å². The number of para-hydroxylation sites is 1. The number of rotatable bonds is 8. The van der Waals surface area contributed by atoms with Gasteiger partial charge in [0.25, 0.3) is 0 Å². The van der Waals surface area contributed by atoms with E-state index in [9.17, 15) is 0 Å². The number of furan rings is 1. The fourth-order valence-electron chi connectivity index (χ4n) is 10.1. The van der Waals surface area contributed by atoms with Crippen LogP contribution in [0, 0.1) is 0 Å². The average molecular weight is 820 g/mol. The highest BCUT2D eigenvalue weighted by atomic mass is 28.3. The van der Waals surface area contributed by atoms with Crippen molar-refractivity contribution in [1.82, 2.24) is 0 Å². The van der Waals surface area contributed by atoms with Crippen molar-refractivity contribution < 1.29 is 4.42 Å². The van der Waals surface area contributed by atoms with Crippen LogP contribution in [-0.2, 0) is 0 Å². The first-order valence-corrected chi connectivity index (χ1v) is 23.7. The second kappa shape index (κ2) is 15.2. The van der Waals surface area contributed by atoms with E-state index in [1.54, 1.807) is 0 Å². The molecule has 12 aromatic rings. The standard InChI is InChI=1S/C60H41NOSi/c1-4-16-47(17-5-1)63(48-18-6-2-7-19-48,49-20-8-3-9-21-49)50-36-33-45(34-37-50)61(46-35-38-55-53-24-11-10-22-51(53)52-23-12-13-25-54(52)57(55)41-46)44-31-28-42(29-32-44)43-30-39-60-58(40-43)56-26-14-15-27-59(56)62-60/h1-41H. The predicted molar refractivity (Wildman–Crippen MR) is 270 cm³/mol. The fourth-order valence-corrected chi connectivity index (χ4v) is 14.9. The summed E-state index contributed by atoms with van der Waals surface area (Å²) in [5.74, 6) is 0. The van der Waals surface area contributed by atoms with Crippen molar-refractivity contribution in [3.8, 4) is 11.1 Å². The average Bonchev–Trinajstić information content (AvgIpc) is 3.74. The maximum absolute atomic E-state index is 6.17. The molecule has 1 heterocycles. The summed E-state index contributed by atoms with van der Waals surface area (Å²) in [7, 11) is -2.71. The van der Waals surface area contributed by atoms with E-state index in [-0.39, 0.29) is 0 Å². The summed E-state index contributed by atoms with van der Waals surface area (Å²) in [6, 6.07) is 91.3. The molecular formula is C60H41NOSi. The highest BCUT2D eigenvalue weighted by Crippen LogP contribution is 2.41. The van der Waals surface area contributed by atoms with Gasteiger partial charge < -0.3 is 9.32 Å². The Morgan fingerprint density at radius 1 is 0.254 bits per heavy atom. The Bertz CT molecular complexity index is 3470. The Labute approximate surface area is 367 Å². The molecule has 3 heteroatoms. The Balaban J connectivity index is 1.04. The Kier molecular flexibility index (Phi) is 8.87. The number of fused-ring (bicyclic) bond motifs is 9. The molecule has 12 rings (SSSR count). The van der Waals surface area contributed by atoms with Crippen molar-refractivity contribution in [2.45, 2.75) is 0 Å². The minimum absolute atomic E-state index is 0.904. The highest BCUT2D eigenvalue weighted by molar-refractivity contribution is 7.19. The largest absolute Gasteiger partial charge is 0.456 e. The summed E-state index contributed by atoms with van der Waals surface area (Å²) in [5, 5.41) is 15.2. The van der Waals surface area contributed by atoms with Crippen molar-refractivity contribution in [1.29, 1.82) is 0 Å². The lowest BCUT2D eigenvalue weighted by atomic mass is 9.94. The summed E-state index contributed by atoms with van der Waals surface area (Å²) < 4.78 is 6.17. The fraction of sp³-hybridized carbons (Fsp3) is 0. The Hall–Kier alpha value is -7.98. The smallest absolute Gasteiger partial charge is 0.179 e.